The van der Waals surface area contributed by atoms with Crippen molar-refractivity contribution in [2.75, 3.05) is 5.88 Å². The van der Waals surface area contributed by atoms with Gasteiger partial charge in [0.25, 0.3) is 0 Å². The monoisotopic (exact) mass is 283 g/mol. The van der Waals surface area contributed by atoms with Gasteiger partial charge >= 0.3 is 12.0 Å². The second-order valence-electron chi connectivity index (χ2n) is 3.04. The highest BCUT2D eigenvalue weighted by Crippen LogP contribution is 2.32. The maximum absolute atomic E-state index is 12.0. The first-order chi connectivity index (χ1) is 8.24. The van der Waals surface area contributed by atoms with Gasteiger partial charge in [-0.2, -0.15) is 0 Å². The predicted molar refractivity (Wildman–Crippen MR) is 54.8 cm³/mol. The van der Waals surface area contributed by atoms with E-state index < -0.39 is 34.4 Å². The zero-order valence-corrected chi connectivity index (χ0v) is 9.29. The number of halogens is 4. The second kappa shape index (κ2) is 5.21. The molecule has 0 bridgehead atoms. The third-order valence-electron chi connectivity index (χ3n) is 1.83. The molecule has 0 amide bonds. The fourth-order valence-electron chi connectivity index (χ4n) is 1.12. The van der Waals surface area contributed by atoms with Crippen molar-refractivity contribution in [3.8, 4) is 5.75 Å². The summed E-state index contributed by atoms with van der Waals surface area (Å²) in [7, 11) is 0. The largest absolute Gasteiger partial charge is 0.573 e. The van der Waals surface area contributed by atoms with E-state index >= 15 is 0 Å². The molecule has 0 radical (unpaired) electrons. The number of nitrogens with zero attached hydrogens (tertiary/aromatic N) is 1. The van der Waals surface area contributed by atoms with E-state index in [0.29, 0.717) is 6.07 Å². The van der Waals surface area contributed by atoms with Crippen LogP contribution in [0.15, 0.2) is 18.2 Å². The fourth-order valence-corrected chi connectivity index (χ4v) is 1.28. The van der Waals surface area contributed by atoms with Crippen molar-refractivity contribution in [2.24, 2.45) is 0 Å². The van der Waals surface area contributed by atoms with Gasteiger partial charge in [-0.25, -0.2) is 0 Å². The molecule has 18 heavy (non-hydrogen) atoms. The zero-order valence-electron chi connectivity index (χ0n) is 8.53. The summed E-state index contributed by atoms with van der Waals surface area (Å²) in [6.07, 6.45) is -5.09. The van der Waals surface area contributed by atoms with Crippen molar-refractivity contribution in [3.05, 3.63) is 33.9 Å². The summed E-state index contributed by atoms with van der Waals surface area (Å²) in [5.41, 5.74) is -1.09. The van der Waals surface area contributed by atoms with Crippen LogP contribution in [0.3, 0.4) is 0 Å². The number of carbonyl (C=O) groups excluding carboxylic acids is 1. The summed E-state index contributed by atoms with van der Waals surface area (Å²) < 4.78 is 39.6. The highest BCUT2D eigenvalue weighted by atomic mass is 35.5. The van der Waals surface area contributed by atoms with E-state index in [9.17, 15) is 28.1 Å². The van der Waals surface area contributed by atoms with Crippen LogP contribution in [0.25, 0.3) is 0 Å². The summed E-state index contributed by atoms with van der Waals surface area (Å²) >= 11 is 5.23. The minimum atomic E-state index is -5.09. The van der Waals surface area contributed by atoms with Gasteiger partial charge in [0.15, 0.2) is 5.78 Å². The van der Waals surface area contributed by atoms with Crippen LogP contribution in [0.2, 0.25) is 0 Å². The lowest BCUT2D eigenvalue weighted by Gasteiger charge is -2.09. The number of hydrogen-bond acceptors (Lipinski definition) is 4. The molecule has 0 atom stereocenters. The van der Waals surface area contributed by atoms with E-state index in [1.807, 2.05) is 0 Å². The molecule has 0 N–H and O–H groups in total. The molecular formula is C9H5ClF3NO4. The van der Waals surface area contributed by atoms with Crippen molar-refractivity contribution >= 4 is 23.1 Å². The predicted octanol–water partition coefficient (Wildman–Crippen LogP) is 2.91. The first kappa shape index (κ1) is 14.2. The highest BCUT2D eigenvalue weighted by molar-refractivity contribution is 6.30. The van der Waals surface area contributed by atoms with Crippen molar-refractivity contribution in [2.45, 2.75) is 6.36 Å². The van der Waals surface area contributed by atoms with Gasteiger partial charge in [-0.15, -0.1) is 24.8 Å². The van der Waals surface area contributed by atoms with E-state index in [4.69, 9.17) is 11.6 Å². The van der Waals surface area contributed by atoms with E-state index in [1.165, 1.54) is 0 Å². The van der Waals surface area contributed by atoms with Crippen LogP contribution >= 0.6 is 11.6 Å². The van der Waals surface area contributed by atoms with Crippen molar-refractivity contribution < 1.29 is 27.6 Å². The standard InChI is InChI=1S/C9H5ClF3NO4/c10-4-7(15)5-1-2-6(14(16)17)8(3-5)18-9(11,12)13/h1-3H,4H2. The Labute approximate surface area is 103 Å². The Hall–Kier alpha value is -1.83. The smallest absolute Gasteiger partial charge is 0.398 e. The van der Waals surface area contributed by atoms with Gasteiger partial charge < -0.3 is 4.74 Å². The van der Waals surface area contributed by atoms with Crippen molar-refractivity contribution in [3.63, 3.8) is 0 Å². The number of rotatable bonds is 4. The van der Waals surface area contributed by atoms with Gasteiger partial charge in [0.1, 0.15) is 0 Å². The van der Waals surface area contributed by atoms with Crippen LogP contribution in [0.1, 0.15) is 10.4 Å². The van der Waals surface area contributed by atoms with Crippen molar-refractivity contribution in [1.29, 1.82) is 0 Å². The molecular weight excluding hydrogens is 279 g/mol. The van der Waals surface area contributed by atoms with E-state index in [0.717, 1.165) is 12.1 Å². The maximum Gasteiger partial charge on any atom is 0.573 e. The maximum atomic E-state index is 12.0. The summed E-state index contributed by atoms with van der Waals surface area (Å²) in [4.78, 5) is 20.6. The Morgan fingerprint density at radius 1 is 1.44 bits per heavy atom. The summed E-state index contributed by atoms with van der Waals surface area (Å²) in [6, 6.07) is 2.39. The molecule has 1 rings (SSSR count). The quantitative estimate of drug-likeness (QED) is 0.369. The number of alkyl halides is 4. The molecule has 0 saturated heterocycles. The molecule has 0 aliphatic heterocycles. The number of nitro groups is 1. The number of carbonyl (C=O) groups is 1. The summed E-state index contributed by atoms with van der Waals surface area (Å²) in [5.74, 6) is -2.18. The number of benzene rings is 1. The molecule has 1 aromatic carbocycles. The van der Waals surface area contributed by atoms with Gasteiger partial charge in [-0.1, -0.05) is 0 Å². The first-order valence-corrected chi connectivity index (χ1v) is 4.91. The molecule has 0 saturated carbocycles. The number of ketones is 1. The Kier molecular flexibility index (Phi) is 4.12. The second-order valence-corrected chi connectivity index (χ2v) is 3.31. The summed E-state index contributed by atoms with van der Waals surface area (Å²) in [5, 5.41) is 10.5. The molecule has 0 aromatic heterocycles. The topological polar surface area (TPSA) is 69.4 Å². The van der Waals surface area contributed by atoms with E-state index in [1.54, 1.807) is 0 Å². The Morgan fingerprint density at radius 3 is 2.50 bits per heavy atom. The number of hydrogen-bond donors (Lipinski definition) is 0. The number of ether oxygens (including phenoxy) is 1. The summed E-state index contributed by atoms with van der Waals surface area (Å²) in [6.45, 7) is 0. The lowest BCUT2D eigenvalue weighted by molar-refractivity contribution is -0.388. The molecule has 0 aliphatic rings. The molecule has 5 nitrogen and oxygen atoms in total. The molecule has 98 valence electrons. The third kappa shape index (κ3) is 3.59. The highest BCUT2D eigenvalue weighted by Gasteiger charge is 2.34. The van der Waals surface area contributed by atoms with E-state index in [-0.39, 0.29) is 5.56 Å². The van der Waals surface area contributed by atoms with Gasteiger partial charge in [-0.05, 0) is 12.1 Å². The van der Waals surface area contributed by atoms with Crippen LogP contribution < -0.4 is 4.74 Å². The molecule has 9 heteroatoms. The van der Waals surface area contributed by atoms with Crippen LogP contribution in [0, 0.1) is 10.1 Å². The Bertz CT molecular complexity index is 489. The third-order valence-corrected chi connectivity index (χ3v) is 2.07. The molecule has 0 unspecified atom stereocenters. The molecule has 1 aromatic rings. The number of Topliss-reactive ketones (excluding diaryl/α,β-unsaturated/α-hetero) is 1. The van der Waals surface area contributed by atoms with Crippen molar-refractivity contribution in [1.82, 2.24) is 0 Å². The average molecular weight is 284 g/mol. The Balaban J connectivity index is 3.24. The lowest BCUT2D eigenvalue weighted by Crippen LogP contribution is -2.18. The minimum Gasteiger partial charge on any atom is -0.398 e. The zero-order chi connectivity index (χ0) is 13.9. The van der Waals surface area contributed by atoms with Crippen LogP contribution in [-0.2, 0) is 0 Å². The molecule has 0 spiro atoms. The lowest BCUT2D eigenvalue weighted by atomic mass is 10.1. The van der Waals surface area contributed by atoms with E-state index in [2.05, 4.69) is 4.74 Å². The number of nitro benzene ring substituents is 1. The SMILES string of the molecule is O=C(CCl)c1ccc([N+](=O)[O-])c(OC(F)(F)F)c1. The molecule has 0 aliphatic carbocycles. The van der Waals surface area contributed by atoms with Gasteiger partial charge in [0.2, 0.25) is 5.75 Å². The molecule has 0 fully saturated rings. The van der Waals surface area contributed by atoms with Crippen LogP contribution in [-0.4, -0.2) is 22.9 Å². The first-order valence-electron chi connectivity index (χ1n) is 4.38. The van der Waals surface area contributed by atoms with Gasteiger partial charge in [0.05, 0.1) is 10.8 Å². The van der Waals surface area contributed by atoms with Gasteiger partial charge in [0, 0.05) is 11.6 Å². The van der Waals surface area contributed by atoms with Crippen LogP contribution in [0.4, 0.5) is 18.9 Å². The Morgan fingerprint density at radius 2 is 2.06 bits per heavy atom. The minimum absolute atomic E-state index is 0.199. The molecule has 0 heterocycles. The fraction of sp³-hybridized carbons (Fsp3) is 0.222. The van der Waals surface area contributed by atoms with Crippen LogP contribution in [0.5, 0.6) is 5.75 Å². The van der Waals surface area contributed by atoms with Gasteiger partial charge in [-0.3, -0.25) is 14.9 Å². The normalized spacial score (nSPS) is 11.1. The average Bonchev–Trinajstić information content (AvgIpc) is 2.25.